The quantitative estimate of drug-likeness (QED) is 0.463. The van der Waals surface area contributed by atoms with E-state index in [1.165, 1.54) is 0 Å². The lowest BCUT2D eigenvalue weighted by atomic mass is 10.0. The summed E-state index contributed by atoms with van der Waals surface area (Å²) in [4.78, 5) is 28.2. The van der Waals surface area contributed by atoms with Crippen molar-refractivity contribution in [2.45, 2.75) is 27.2 Å². The number of carbonyl (C=O) groups excluding carboxylic acids is 1. The highest BCUT2D eigenvalue weighted by Crippen LogP contribution is 2.26. The molecule has 0 aliphatic heterocycles. The molecular weight excluding hydrogens is 421 g/mol. The summed E-state index contributed by atoms with van der Waals surface area (Å²) in [7, 11) is 0. The maximum Gasteiger partial charge on any atom is 0.227 e. The van der Waals surface area contributed by atoms with Crippen molar-refractivity contribution < 1.29 is 4.79 Å². The first kappa shape index (κ1) is 22.0. The van der Waals surface area contributed by atoms with E-state index in [1.807, 2.05) is 19.1 Å². The smallest absolute Gasteiger partial charge is 0.227 e. The molecule has 0 radical (unpaired) electrons. The van der Waals surface area contributed by atoms with Gasteiger partial charge in [0.15, 0.2) is 5.78 Å². The molecule has 0 spiro atoms. The molecule has 0 saturated heterocycles. The van der Waals surface area contributed by atoms with Gasteiger partial charge in [0.2, 0.25) is 5.95 Å². The minimum absolute atomic E-state index is 0.149. The normalized spacial score (nSPS) is 10.7. The summed E-state index contributed by atoms with van der Waals surface area (Å²) < 4.78 is 0. The summed E-state index contributed by atoms with van der Waals surface area (Å²) in [6.07, 6.45) is 1.81. The van der Waals surface area contributed by atoms with E-state index >= 15 is 0 Å². The Morgan fingerprint density at radius 1 is 1.03 bits per heavy atom. The van der Waals surface area contributed by atoms with Crippen LogP contribution in [0.2, 0.25) is 10.0 Å². The molecule has 156 valence electrons. The number of carbonyl (C=O) groups is 1. The van der Waals surface area contributed by atoms with Crippen LogP contribution in [0, 0.1) is 6.92 Å². The predicted molar refractivity (Wildman–Crippen MR) is 122 cm³/mol. The molecule has 3 rings (SSSR count). The maximum atomic E-state index is 12.7. The van der Waals surface area contributed by atoms with Crippen LogP contribution < -0.4 is 10.2 Å². The van der Waals surface area contributed by atoms with Gasteiger partial charge in [-0.3, -0.25) is 4.79 Å². The number of ketones is 1. The van der Waals surface area contributed by atoms with Crippen LogP contribution in [0.3, 0.4) is 0 Å². The van der Waals surface area contributed by atoms with Crippen molar-refractivity contribution in [1.29, 1.82) is 0 Å². The van der Waals surface area contributed by atoms with Crippen molar-refractivity contribution in [3.05, 3.63) is 69.5 Å². The van der Waals surface area contributed by atoms with Gasteiger partial charge in [-0.05, 0) is 50.6 Å². The molecule has 0 unspecified atom stereocenters. The molecule has 0 aliphatic rings. The summed E-state index contributed by atoms with van der Waals surface area (Å²) in [5, 5.41) is 3.91. The van der Waals surface area contributed by atoms with E-state index in [2.05, 4.69) is 39.0 Å². The van der Waals surface area contributed by atoms with Crippen LogP contribution in [-0.2, 0) is 6.42 Å². The maximum absolute atomic E-state index is 12.7. The lowest BCUT2D eigenvalue weighted by Crippen LogP contribution is -2.24. The van der Waals surface area contributed by atoms with Gasteiger partial charge in [0.05, 0.1) is 15.6 Å². The van der Waals surface area contributed by atoms with Crippen molar-refractivity contribution in [1.82, 2.24) is 15.0 Å². The number of anilines is 3. The number of nitrogens with zero attached hydrogens (tertiary/aromatic N) is 4. The molecule has 2 aromatic heterocycles. The van der Waals surface area contributed by atoms with Crippen LogP contribution >= 0.6 is 23.2 Å². The number of aromatic nitrogens is 3. The molecule has 0 saturated carbocycles. The SMILES string of the molecule is CCN(CC)c1nc(C)cc(Nc2cc(CC(=O)c3c(Cl)cccc3Cl)ccn2)n1. The monoisotopic (exact) mass is 443 g/mol. The van der Waals surface area contributed by atoms with Gasteiger partial charge in [-0.15, -0.1) is 0 Å². The summed E-state index contributed by atoms with van der Waals surface area (Å²) in [6.45, 7) is 7.70. The van der Waals surface area contributed by atoms with Gasteiger partial charge in [-0.2, -0.15) is 4.98 Å². The highest BCUT2D eigenvalue weighted by molar-refractivity contribution is 6.39. The van der Waals surface area contributed by atoms with E-state index in [0.717, 1.165) is 24.3 Å². The van der Waals surface area contributed by atoms with Crippen LogP contribution in [-0.4, -0.2) is 33.8 Å². The number of halogens is 2. The second-order valence-electron chi connectivity index (χ2n) is 6.74. The molecule has 0 bridgehead atoms. The number of hydrogen-bond donors (Lipinski definition) is 1. The van der Waals surface area contributed by atoms with Crippen LogP contribution in [0.15, 0.2) is 42.6 Å². The number of Topliss-reactive ketones (excluding diaryl/α,β-unsaturated/α-hetero) is 1. The van der Waals surface area contributed by atoms with Crippen molar-refractivity contribution >= 4 is 46.6 Å². The van der Waals surface area contributed by atoms with E-state index in [1.54, 1.807) is 30.5 Å². The van der Waals surface area contributed by atoms with E-state index in [-0.39, 0.29) is 12.2 Å². The molecule has 2 heterocycles. The first-order valence-corrected chi connectivity index (χ1v) is 10.5. The Balaban J connectivity index is 1.80. The van der Waals surface area contributed by atoms with Gasteiger partial charge < -0.3 is 10.2 Å². The van der Waals surface area contributed by atoms with Crippen LogP contribution in [0.4, 0.5) is 17.6 Å². The fourth-order valence-corrected chi connectivity index (χ4v) is 3.69. The molecule has 3 aromatic rings. The molecule has 30 heavy (non-hydrogen) atoms. The Morgan fingerprint density at radius 3 is 2.40 bits per heavy atom. The van der Waals surface area contributed by atoms with Crippen molar-refractivity contribution in [3.8, 4) is 0 Å². The van der Waals surface area contributed by atoms with Gasteiger partial charge in [0, 0.05) is 37.5 Å². The number of nitrogens with one attached hydrogen (secondary N) is 1. The zero-order chi connectivity index (χ0) is 21.7. The van der Waals surface area contributed by atoms with Gasteiger partial charge in [0.25, 0.3) is 0 Å². The summed E-state index contributed by atoms with van der Waals surface area (Å²) in [6, 6.07) is 10.5. The first-order valence-electron chi connectivity index (χ1n) is 9.71. The van der Waals surface area contributed by atoms with E-state index < -0.39 is 0 Å². The van der Waals surface area contributed by atoms with Gasteiger partial charge in [-0.25, -0.2) is 9.97 Å². The molecule has 6 nitrogen and oxygen atoms in total. The van der Waals surface area contributed by atoms with Crippen LogP contribution in [0.5, 0.6) is 0 Å². The number of benzene rings is 1. The average Bonchev–Trinajstić information content (AvgIpc) is 2.68. The minimum Gasteiger partial charge on any atom is -0.341 e. The molecule has 8 heteroatoms. The lowest BCUT2D eigenvalue weighted by Gasteiger charge is -2.19. The minimum atomic E-state index is -0.149. The van der Waals surface area contributed by atoms with Crippen molar-refractivity contribution in [2.24, 2.45) is 0 Å². The number of hydrogen-bond acceptors (Lipinski definition) is 6. The zero-order valence-corrected chi connectivity index (χ0v) is 18.6. The molecule has 1 aromatic carbocycles. The Bertz CT molecular complexity index is 1030. The highest BCUT2D eigenvalue weighted by atomic mass is 35.5. The van der Waals surface area contributed by atoms with Crippen LogP contribution in [0.25, 0.3) is 0 Å². The Kier molecular flexibility index (Phi) is 7.24. The fraction of sp³-hybridized carbons (Fsp3) is 0.273. The molecule has 0 aliphatic carbocycles. The van der Waals surface area contributed by atoms with E-state index in [0.29, 0.717) is 33.2 Å². The van der Waals surface area contributed by atoms with Crippen LogP contribution in [0.1, 0.15) is 35.5 Å². The average molecular weight is 444 g/mol. The zero-order valence-electron chi connectivity index (χ0n) is 17.1. The second-order valence-corrected chi connectivity index (χ2v) is 7.55. The molecular formula is C22H23Cl2N5O. The summed E-state index contributed by atoms with van der Waals surface area (Å²) >= 11 is 12.3. The standard InChI is InChI=1S/C22H23Cl2N5O/c1-4-29(5-2)22-26-14(3)11-20(28-22)27-19-13-15(9-10-25-19)12-18(30)21-16(23)7-6-8-17(21)24/h6-11,13H,4-5,12H2,1-3H3,(H,25,26,27,28). The first-order chi connectivity index (χ1) is 14.4. The molecule has 1 N–H and O–H groups in total. The predicted octanol–water partition coefficient (Wildman–Crippen LogP) is 5.50. The number of aryl methyl sites for hydroxylation is 1. The third kappa shape index (κ3) is 5.26. The van der Waals surface area contributed by atoms with Gasteiger partial charge in [0.1, 0.15) is 11.6 Å². The van der Waals surface area contributed by atoms with Gasteiger partial charge in [-0.1, -0.05) is 29.3 Å². The summed E-state index contributed by atoms with van der Waals surface area (Å²) in [5.41, 5.74) is 1.99. The number of pyridine rings is 1. The molecule has 0 fully saturated rings. The summed E-state index contributed by atoms with van der Waals surface area (Å²) in [5.74, 6) is 1.76. The molecule has 0 amide bonds. The van der Waals surface area contributed by atoms with E-state index in [4.69, 9.17) is 23.2 Å². The fourth-order valence-electron chi connectivity index (χ4n) is 3.09. The third-order valence-corrected chi connectivity index (χ3v) is 5.21. The van der Waals surface area contributed by atoms with Gasteiger partial charge >= 0.3 is 0 Å². The number of rotatable bonds is 8. The third-order valence-electron chi connectivity index (χ3n) is 4.58. The van der Waals surface area contributed by atoms with Crippen molar-refractivity contribution in [2.75, 3.05) is 23.3 Å². The Morgan fingerprint density at radius 2 is 1.73 bits per heavy atom. The highest BCUT2D eigenvalue weighted by Gasteiger charge is 2.15. The largest absolute Gasteiger partial charge is 0.341 e. The Hall–Kier alpha value is -2.70. The topological polar surface area (TPSA) is 71.0 Å². The van der Waals surface area contributed by atoms with E-state index in [9.17, 15) is 4.79 Å². The van der Waals surface area contributed by atoms with Crippen molar-refractivity contribution in [3.63, 3.8) is 0 Å². The second kappa shape index (κ2) is 9.87. The molecule has 0 atom stereocenters. The Labute approximate surface area is 186 Å². The lowest BCUT2D eigenvalue weighted by molar-refractivity contribution is 0.0993.